The largest absolute Gasteiger partial charge is 0.452 e. The van der Waals surface area contributed by atoms with Gasteiger partial charge in [-0.15, -0.1) is 0 Å². The quantitative estimate of drug-likeness (QED) is 0.923. The predicted octanol–water partition coefficient (Wildman–Crippen LogP) is 4.11. The molecule has 5 heteroatoms. The van der Waals surface area contributed by atoms with E-state index >= 15 is 0 Å². The summed E-state index contributed by atoms with van der Waals surface area (Å²) in [5.74, 6) is 0.0365. The maximum Gasteiger partial charge on any atom is 0.169 e. The van der Waals surface area contributed by atoms with Crippen molar-refractivity contribution in [3.63, 3.8) is 0 Å². The van der Waals surface area contributed by atoms with Crippen molar-refractivity contribution in [2.45, 2.75) is 12.5 Å². The van der Waals surface area contributed by atoms with Gasteiger partial charge < -0.3 is 9.52 Å². The smallest absolute Gasteiger partial charge is 0.169 e. The Bertz CT molecular complexity index is 527. The number of aliphatic hydroxyl groups excluding tert-OH is 1. The lowest BCUT2D eigenvalue weighted by Crippen LogP contribution is -2.01. The molecule has 0 spiro atoms. The Kier molecular flexibility index (Phi) is 3.86. The van der Waals surface area contributed by atoms with Crippen LogP contribution < -0.4 is 0 Å². The fraction of sp³-hybridized carbons (Fsp3) is 0.167. The molecule has 2 nitrogen and oxygen atoms in total. The Morgan fingerprint density at radius 2 is 2.12 bits per heavy atom. The van der Waals surface area contributed by atoms with E-state index in [1.54, 1.807) is 12.1 Å². The summed E-state index contributed by atoms with van der Waals surface area (Å²) in [4.78, 5) is 0. The first-order valence-electron chi connectivity index (χ1n) is 4.93. The number of halogens is 3. The third-order valence-corrected chi connectivity index (χ3v) is 3.14. The molecule has 0 amide bonds. The third-order valence-electron chi connectivity index (χ3n) is 2.34. The van der Waals surface area contributed by atoms with Crippen LogP contribution in [0.5, 0.6) is 0 Å². The van der Waals surface area contributed by atoms with Crippen LogP contribution in [-0.4, -0.2) is 5.11 Å². The molecule has 0 saturated carbocycles. The Labute approximate surface area is 111 Å². The minimum atomic E-state index is -0.847. The first-order valence-corrected chi connectivity index (χ1v) is 6.10. The summed E-state index contributed by atoms with van der Waals surface area (Å²) in [6.07, 6.45) is -0.642. The second kappa shape index (κ2) is 5.21. The van der Waals surface area contributed by atoms with Crippen molar-refractivity contribution < 1.29 is 13.9 Å². The highest BCUT2D eigenvalue weighted by Gasteiger charge is 2.14. The van der Waals surface area contributed by atoms with Crippen molar-refractivity contribution in [1.82, 2.24) is 0 Å². The van der Waals surface area contributed by atoms with Gasteiger partial charge in [-0.1, -0.05) is 11.6 Å². The molecular formula is C12H9BrClFO2. The van der Waals surface area contributed by atoms with Gasteiger partial charge in [0, 0.05) is 11.4 Å². The van der Waals surface area contributed by atoms with Crippen LogP contribution in [0.3, 0.4) is 0 Å². The van der Waals surface area contributed by atoms with Gasteiger partial charge in [0.1, 0.15) is 17.7 Å². The van der Waals surface area contributed by atoms with Crippen LogP contribution >= 0.6 is 27.5 Å². The SMILES string of the molecule is OC(Cc1cc(F)ccc1Cl)c1ccc(Br)o1. The number of aliphatic hydroxyl groups is 1. The maximum atomic E-state index is 13.0. The molecule has 0 fully saturated rings. The zero-order valence-electron chi connectivity index (χ0n) is 8.66. The molecule has 1 atom stereocenters. The van der Waals surface area contributed by atoms with E-state index in [2.05, 4.69) is 15.9 Å². The van der Waals surface area contributed by atoms with Gasteiger partial charge in [0.15, 0.2) is 4.67 Å². The van der Waals surface area contributed by atoms with Gasteiger partial charge in [-0.2, -0.15) is 0 Å². The summed E-state index contributed by atoms with van der Waals surface area (Å²) < 4.78 is 18.8. The van der Waals surface area contributed by atoms with Gasteiger partial charge in [0.05, 0.1) is 0 Å². The number of hydrogen-bond donors (Lipinski definition) is 1. The molecule has 1 aromatic carbocycles. The zero-order chi connectivity index (χ0) is 12.4. The van der Waals surface area contributed by atoms with E-state index in [0.29, 0.717) is 21.0 Å². The molecule has 0 aliphatic carbocycles. The number of hydrogen-bond acceptors (Lipinski definition) is 2. The second-order valence-corrected chi connectivity index (χ2v) is 4.79. The molecule has 0 radical (unpaired) electrons. The molecular weight excluding hydrogens is 310 g/mol. The van der Waals surface area contributed by atoms with Crippen LogP contribution in [0, 0.1) is 5.82 Å². The molecule has 1 unspecified atom stereocenters. The van der Waals surface area contributed by atoms with E-state index in [0.717, 1.165) is 0 Å². The predicted molar refractivity (Wildman–Crippen MR) is 66.5 cm³/mol. The standard InChI is InChI=1S/C12H9BrClFO2/c13-12-4-3-11(17-12)10(16)6-7-5-8(15)1-2-9(7)14/h1-5,10,16H,6H2. The summed E-state index contributed by atoms with van der Waals surface area (Å²) in [7, 11) is 0. The summed E-state index contributed by atoms with van der Waals surface area (Å²) in [5, 5.41) is 10.3. The monoisotopic (exact) mass is 318 g/mol. The Hall–Kier alpha value is -0.840. The van der Waals surface area contributed by atoms with E-state index in [-0.39, 0.29) is 12.2 Å². The first kappa shape index (κ1) is 12.6. The van der Waals surface area contributed by atoms with Crippen LogP contribution in [0.1, 0.15) is 17.4 Å². The van der Waals surface area contributed by atoms with Gasteiger partial charge in [-0.3, -0.25) is 0 Å². The average Bonchev–Trinajstić information content (AvgIpc) is 2.70. The van der Waals surface area contributed by atoms with Crippen LogP contribution in [0.4, 0.5) is 4.39 Å². The van der Waals surface area contributed by atoms with E-state index in [4.69, 9.17) is 16.0 Å². The maximum absolute atomic E-state index is 13.0. The van der Waals surface area contributed by atoms with Gasteiger partial charge >= 0.3 is 0 Å². The molecule has 2 aromatic rings. The van der Waals surface area contributed by atoms with E-state index in [1.807, 2.05) is 0 Å². The Morgan fingerprint density at radius 3 is 2.76 bits per heavy atom. The number of rotatable bonds is 3. The fourth-order valence-electron chi connectivity index (χ4n) is 1.52. The van der Waals surface area contributed by atoms with Gasteiger partial charge in [0.25, 0.3) is 0 Å². The average molecular weight is 320 g/mol. The van der Waals surface area contributed by atoms with Crippen molar-refractivity contribution in [2.24, 2.45) is 0 Å². The molecule has 17 heavy (non-hydrogen) atoms. The van der Waals surface area contributed by atoms with E-state index < -0.39 is 6.10 Å². The highest BCUT2D eigenvalue weighted by atomic mass is 79.9. The third kappa shape index (κ3) is 3.09. The Balaban J connectivity index is 2.18. The lowest BCUT2D eigenvalue weighted by Gasteiger charge is -2.09. The minimum Gasteiger partial charge on any atom is -0.452 e. The zero-order valence-corrected chi connectivity index (χ0v) is 11.0. The lowest BCUT2D eigenvalue weighted by atomic mass is 10.1. The molecule has 1 N–H and O–H groups in total. The highest BCUT2D eigenvalue weighted by Crippen LogP contribution is 2.26. The first-order chi connectivity index (χ1) is 8.06. The molecule has 2 rings (SSSR count). The van der Waals surface area contributed by atoms with E-state index in [9.17, 15) is 9.50 Å². The molecule has 90 valence electrons. The van der Waals surface area contributed by atoms with Crippen molar-refractivity contribution in [2.75, 3.05) is 0 Å². The summed E-state index contributed by atoms with van der Waals surface area (Å²) in [6.45, 7) is 0. The molecule has 0 aliphatic heterocycles. The van der Waals surface area contributed by atoms with Crippen LogP contribution in [0.2, 0.25) is 5.02 Å². The second-order valence-electron chi connectivity index (χ2n) is 3.60. The van der Waals surface area contributed by atoms with Crippen LogP contribution in [0.25, 0.3) is 0 Å². The van der Waals surface area contributed by atoms with Gasteiger partial charge in [-0.25, -0.2) is 4.39 Å². The molecule has 0 aliphatic rings. The summed E-state index contributed by atoms with van der Waals surface area (Å²) >= 11 is 9.06. The van der Waals surface area contributed by atoms with Crippen LogP contribution in [0.15, 0.2) is 39.4 Å². The molecule has 1 aromatic heterocycles. The highest BCUT2D eigenvalue weighted by molar-refractivity contribution is 9.10. The van der Waals surface area contributed by atoms with Crippen LogP contribution in [-0.2, 0) is 6.42 Å². The van der Waals surface area contributed by atoms with Crippen molar-refractivity contribution >= 4 is 27.5 Å². The number of furan rings is 1. The van der Waals surface area contributed by atoms with E-state index in [1.165, 1.54) is 18.2 Å². The molecule has 0 saturated heterocycles. The Morgan fingerprint density at radius 1 is 1.35 bits per heavy atom. The summed E-state index contributed by atoms with van der Waals surface area (Å²) in [5.41, 5.74) is 0.548. The summed E-state index contributed by atoms with van der Waals surface area (Å²) in [6, 6.07) is 7.40. The van der Waals surface area contributed by atoms with Crippen molar-refractivity contribution in [3.05, 3.63) is 57.2 Å². The number of benzene rings is 1. The lowest BCUT2D eigenvalue weighted by molar-refractivity contribution is 0.148. The van der Waals surface area contributed by atoms with Gasteiger partial charge in [-0.05, 0) is 51.8 Å². The van der Waals surface area contributed by atoms with Crippen molar-refractivity contribution in [3.8, 4) is 0 Å². The minimum absolute atomic E-state index is 0.205. The van der Waals surface area contributed by atoms with Crippen molar-refractivity contribution in [1.29, 1.82) is 0 Å². The molecule has 0 bridgehead atoms. The normalized spacial score (nSPS) is 12.7. The topological polar surface area (TPSA) is 33.4 Å². The van der Waals surface area contributed by atoms with Gasteiger partial charge in [0.2, 0.25) is 0 Å². The molecule has 1 heterocycles. The fourth-order valence-corrected chi connectivity index (χ4v) is 2.03.